The van der Waals surface area contributed by atoms with Gasteiger partial charge in [-0.25, -0.2) is 4.98 Å². The molecule has 1 aromatic rings. The second kappa shape index (κ2) is 4.44. The lowest BCUT2D eigenvalue weighted by Gasteiger charge is -2.27. The second-order valence-electron chi connectivity index (χ2n) is 3.49. The molecule has 0 aliphatic carbocycles. The average Bonchev–Trinajstić information content (AvgIpc) is 2.72. The number of hydrogen-bond donors (Lipinski definition) is 0. The first kappa shape index (κ1) is 10.2. The monoisotopic (exact) mass is 209 g/mol. The van der Waals surface area contributed by atoms with E-state index in [-0.39, 0.29) is 12.5 Å². The highest BCUT2D eigenvalue weighted by atomic mass is 16.5. The van der Waals surface area contributed by atoms with Crippen LogP contribution in [0.15, 0.2) is 12.4 Å². The molecular weight excluding hydrogens is 194 g/mol. The number of fused-ring (bicyclic) bond motifs is 1. The highest BCUT2D eigenvalue weighted by Crippen LogP contribution is 2.10. The number of carbonyl (C=O) groups excluding carboxylic acids is 1. The minimum Gasteiger partial charge on any atom is -0.372 e. The van der Waals surface area contributed by atoms with Gasteiger partial charge in [-0.05, 0) is 6.92 Å². The van der Waals surface area contributed by atoms with Crippen LogP contribution >= 0.6 is 0 Å². The molecule has 1 aliphatic heterocycles. The van der Waals surface area contributed by atoms with Crippen molar-refractivity contribution < 1.29 is 9.53 Å². The predicted molar refractivity (Wildman–Crippen MR) is 54.1 cm³/mol. The van der Waals surface area contributed by atoms with Crippen LogP contribution in [-0.4, -0.2) is 40.1 Å². The van der Waals surface area contributed by atoms with Crippen LogP contribution < -0.4 is 0 Å². The van der Waals surface area contributed by atoms with Crippen molar-refractivity contribution in [2.75, 3.05) is 19.8 Å². The summed E-state index contributed by atoms with van der Waals surface area (Å²) in [5.74, 6) is 0.997. The van der Waals surface area contributed by atoms with Crippen LogP contribution in [0.3, 0.4) is 0 Å². The molecule has 1 aromatic heterocycles. The number of rotatable bonds is 3. The van der Waals surface area contributed by atoms with Gasteiger partial charge in [0.2, 0.25) is 5.91 Å². The van der Waals surface area contributed by atoms with Gasteiger partial charge in [0.25, 0.3) is 0 Å². The fourth-order valence-electron chi connectivity index (χ4n) is 1.67. The summed E-state index contributed by atoms with van der Waals surface area (Å²) < 4.78 is 7.17. The molecule has 0 unspecified atom stereocenters. The minimum absolute atomic E-state index is 0.0473. The second-order valence-corrected chi connectivity index (χ2v) is 3.49. The first-order valence-corrected chi connectivity index (χ1v) is 5.16. The number of ether oxygens (including phenoxy) is 1. The third-order valence-electron chi connectivity index (χ3n) is 2.53. The Kier molecular flexibility index (Phi) is 3.01. The number of imidazole rings is 1. The van der Waals surface area contributed by atoms with Gasteiger partial charge in [0.15, 0.2) is 0 Å². The van der Waals surface area contributed by atoms with Gasteiger partial charge in [-0.15, -0.1) is 0 Å². The molecule has 0 saturated heterocycles. The van der Waals surface area contributed by atoms with E-state index in [1.165, 1.54) is 0 Å². The standard InChI is InChI=1S/C10H15N3O2/c1-2-15-8-10(14)13-6-5-12-4-3-11-9(12)7-13/h3-4H,2,5-8H2,1H3. The van der Waals surface area contributed by atoms with E-state index >= 15 is 0 Å². The molecule has 0 aromatic carbocycles. The molecular formula is C10H15N3O2. The molecule has 1 aliphatic rings. The van der Waals surface area contributed by atoms with Crippen LogP contribution in [0.1, 0.15) is 12.7 Å². The Balaban J connectivity index is 1.94. The molecule has 0 spiro atoms. The summed E-state index contributed by atoms with van der Waals surface area (Å²) in [5, 5.41) is 0. The Labute approximate surface area is 88.7 Å². The molecule has 0 atom stereocenters. The fraction of sp³-hybridized carbons (Fsp3) is 0.600. The first-order valence-electron chi connectivity index (χ1n) is 5.16. The van der Waals surface area contributed by atoms with Crippen LogP contribution in [0.4, 0.5) is 0 Å². The lowest BCUT2D eigenvalue weighted by molar-refractivity contribution is -0.137. The van der Waals surface area contributed by atoms with E-state index in [9.17, 15) is 4.79 Å². The van der Waals surface area contributed by atoms with E-state index in [2.05, 4.69) is 9.55 Å². The lowest BCUT2D eigenvalue weighted by atomic mass is 10.3. The molecule has 15 heavy (non-hydrogen) atoms. The van der Waals surface area contributed by atoms with E-state index in [1.54, 1.807) is 11.1 Å². The van der Waals surface area contributed by atoms with Gasteiger partial charge < -0.3 is 14.2 Å². The summed E-state index contributed by atoms with van der Waals surface area (Å²) in [4.78, 5) is 17.6. The van der Waals surface area contributed by atoms with Crippen LogP contribution in [0.5, 0.6) is 0 Å². The maximum Gasteiger partial charge on any atom is 0.249 e. The van der Waals surface area contributed by atoms with E-state index in [0.717, 1.165) is 18.9 Å². The summed E-state index contributed by atoms with van der Waals surface area (Å²) in [5.41, 5.74) is 0. The Morgan fingerprint density at radius 2 is 2.47 bits per heavy atom. The quantitative estimate of drug-likeness (QED) is 0.717. The third kappa shape index (κ3) is 2.18. The van der Waals surface area contributed by atoms with E-state index in [0.29, 0.717) is 13.2 Å². The Morgan fingerprint density at radius 1 is 1.60 bits per heavy atom. The van der Waals surface area contributed by atoms with Gasteiger partial charge >= 0.3 is 0 Å². The SMILES string of the molecule is CCOCC(=O)N1CCn2ccnc2C1. The first-order chi connectivity index (χ1) is 7.31. The van der Waals surface area contributed by atoms with Gasteiger partial charge in [0.05, 0.1) is 6.54 Å². The largest absolute Gasteiger partial charge is 0.372 e. The summed E-state index contributed by atoms with van der Waals surface area (Å²) in [6, 6.07) is 0. The zero-order chi connectivity index (χ0) is 10.7. The molecule has 0 bridgehead atoms. The number of nitrogens with zero attached hydrogens (tertiary/aromatic N) is 3. The van der Waals surface area contributed by atoms with E-state index < -0.39 is 0 Å². The summed E-state index contributed by atoms with van der Waals surface area (Å²) >= 11 is 0. The number of carbonyl (C=O) groups is 1. The zero-order valence-corrected chi connectivity index (χ0v) is 8.85. The minimum atomic E-state index is 0.0473. The highest BCUT2D eigenvalue weighted by Gasteiger charge is 2.20. The molecule has 1 amide bonds. The maximum atomic E-state index is 11.7. The average molecular weight is 209 g/mol. The van der Waals surface area contributed by atoms with Crippen molar-refractivity contribution in [1.29, 1.82) is 0 Å². The zero-order valence-electron chi connectivity index (χ0n) is 8.85. The van der Waals surface area contributed by atoms with Crippen molar-refractivity contribution in [3.63, 3.8) is 0 Å². The molecule has 0 saturated carbocycles. The smallest absolute Gasteiger partial charge is 0.249 e. The highest BCUT2D eigenvalue weighted by molar-refractivity contribution is 5.77. The molecule has 0 N–H and O–H groups in total. The van der Waals surface area contributed by atoms with Crippen molar-refractivity contribution in [1.82, 2.24) is 14.5 Å². The Bertz CT molecular complexity index is 348. The number of hydrogen-bond acceptors (Lipinski definition) is 3. The van der Waals surface area contributed by atoms with E-state index in [1.807, 2.05) is 13.1 Å². The maximum absolute atomic E-state index is 11.7. The molecule has 5 heteroatoms. The van der Waals surface area contributed by atoms with Crippen LogP contribution in [0, 0.1) is 0 Å². The van der Waals surface area contributed by atoms with Gasteiger partial charge in [-0.2, -0.15) is 0 Å². The molecule has 0 radical (unpaired) electrons. The van der Waals surface area contributed by atoms with Gasteiger partial charge in [0, 0.05) is 32.1 Å². The normalized spacial score (nSPS) is 15.1. The summed E-state index contributed by atoms with van der Waals surface area (Å²) in [7, 11) is 0. The molecule has 5 nitrogen and oxygen atoms in total. The van der Waals surface area contributed by atoms with Crippen LogP contribution in [0.25, 0.3) is 0 Å². The van der Waals surface area contributed by atoms with Crippen molar-refractivity contribution in [2.45, 2.75) is 20.0 Å². The van der Waals surface area contributed by atoms with Gasteiger partial charge in [-0.1, -0.05) is 0 Å². The fourth-order valence-corrected chi connectivity index (χ4v) is 1.67. The Hall–Kier alpha value is -1.36. The number of aromatic nitrogens is 2. The predicted octanol–water partition coefficient (Wildman–Crippen LogP) is 0.262. The summed E-state index contributed by atoms with van der Waals surface area (Å²) in [6.45, 7) is 4.81. The third-order valence-corrected chi connectivity index (χ3v) is 2.53. The molecule has 2 heterocycles. The molecule has 0 fully saturated rings. The van der Waals surface area contributed by atoms with Crippen molar-refractivity contribution in [3.05, 3.63) is 18.2 Å². The topological polar surface area (TPSA) is 47.4 Å². The van der Waals surface area contributed by atoms with Crippen LogP contribution in [-0.2, 0) is 22.6 Å². The van der Waals surface area contributed by atoms with Gasteiger partial charge in [0.1, 0.15) is 12.4 Å². The molecule has 82 valence electrons. The lowest BCUT2D eigenvalue weighted by Crippen LogP contribution is -2.40. The van der Waals surface area contributed by atoms with Crippen LogP contribution in [0.2, 0.25) is 0 Å². The molecule has 2 rings (SSSR count). The van der Waals surface area contributed by atoms with Crippen molar-refractivity contribution >= 4 is 5.91 Å². The van der Waals surface area contributed by atoms with Crippen molar-refractivity contribution in [2.24, 2.45) is 0 Å². The summed E-state index contributed by atoms with van der Waals surface area (Å²) in [6.07, 6.45) is 3.71. The van der Waals surface area contributed by atoms with E-state index in [4.69, 9.17) is 4.74 Å². The Morgan fingerprint density at radius 3 is 3.27 bits per heavy atom. The number of amides is 1. The van der Waals surface area contributed by atoms with Gasteiger partial charge in [-0.3, -0.25) is 4.79 Å². The van der Waals surface area contributed by atoms with Crippen molar-refractivity contribution in [3.8, 4) is 0 Å².